The van der Waals surface area contributed by atoms with Crippen LogP contribution >= 0.6 is 11.6 Å². The van der Waals surface area contributed by atoms with Crippen molar-refractivity contribution in [3.05, 3.63) is 17.0 Å². The van der Waals surface area contributed by atoms with E-state index in [4.69, 9.17) is 11.6 Å². The van der Waals surface area contributed by atoms with Crippen molar-refractivity contribution in [3.8, 4) is 0 Å². The zero-order chi connectivity index (χ0) is 11.4. The summed E-state index contributed by atoms with van der Waals surface area (Å²) in [5, 5.41) is 0.510. The SMILES string of the molecule is CCC(CC)N(C)c1cc(Cl)nc(C)n1. The maximum atomic E-state index is 5.91. The number of aryl methyl sites for hydroxylation is 1. The molecule has 15 heavy (non-hydrogen) atoms. The molecule has 0 spiro atoms. The summed E-state index contributed by atoms with van der Waals surface area (Å²) in [6.07, 6.45) is 2.21. The average Bonchev–Trinajstić information content (AvgIpc) is 2.18. The summed E-state index contributed by atoms with van der Waals surface area (Å²) < 4.78 is 0. The Morgan fingerprint density at radius 1 is 1.33 bits per heavy atom. The van der Waals surface area contributed by atoms with Crippen molar-refractivity contribution in [2.45, 2.75) is 39.7 Å². The standard InChI is InChI=1S/C11H18ClN3/c1-5-9(6-2)15(4)11-7-10(12)13-8(3)14-11/h7,9H,5-6H2,1-4H3. The van der Waals surface area contributed by atoms with Crippen molar-refractivity contribution in [1.29, 1.82) is 0 Å². The molecule has 0 aliphatic rings. The number of rotatable bonds is 4. The highest BCUT2D eigenvalue weighted by atomic mass is 35.5. The second-order valence-electron chi connectivity index (χ2n) is 3.68. The zero-order valence-electron chi connectivity index (χ0n) is 9.79. The van der Waals surface area contributed by atoms with Gasteiger partial charge in [0.25, 0.3) is 0 Å². The minimum atomic E-state index is 0.510. The molecule has 3 nitrogen and oxygen atoms in total. The van der Waals surface area contributed by atoms with Crippen molar-refractivity contribution in [3.63, 3.8) is 0 Å². The fourth-order valence-corrected chi connectivity index (χ4v) is 1.94. The van der Waals surface area contributed by atoms with Gasteiger partial charge in [-0.1, -0.05) is 25.4 Å². The van der Waals surface area contributed by atoms with Crippen LogP contribution in [0.5, 0.6) is 0 Å². The third-order valence-corrected chi connectivity index (χ3v) is 2.84. The summed E-state index contributed by atoms with van der Waals surface area (Å²) in [7, 11) is 2.05. The van der Waals surface area contributed by atoms with Crippen molar-refractivity contribution >= 4 is 17.4 Å². The fourth-order valence-electron chi connectivity index (χ4n) is 1.72. The Morgan fingerprint density at radius 3 is 2.40 bits per heavy atom. The van der Waals surface area contributed by atoms with Crippen LogP contribution in [0, 0.1) is 6.92 Å². The predicted octanol–water partition coefficient (Wildman–Crippen LogP) is 3.06. The molecule has 4 heteroatoms. The molecule has 1 aromatic rings. The smallest absolute Gasteiger partial charge is 0.134 e. The number of hydrogen-bond acceptors (Lipinski definition) is 3. The van der Waals surface area contributed by atoms with E-state index in [1.807, 2.05) is 13.0 Å². The Morgan fingerprint density at radius 2 is 1.93 bits per heavy atom. The molecule has 0 bridgehead atoms. The van der Waals surface area contributed by atoms with E-state index in [0.717, 1.165) is 24.5 Å². The highest BCUT2D eigenvalue weighted by molar-refractivity contribution is 6.29. The van der Waals surface area contributed by atoms with E-state index >= 15 is 0 Å². The number of halogens is 1. The molecular formula is C11H18ClN3. The number of nitrogens with zero attached hydrogens (tertiary/aromatic N) is 3. The van der Waals surface area contributed by atoms with Crippen molar-refractivity contribution in [1.82, 2.24) is 9.97 Å². The molecular weight excluding hydrogens is 210 g/mol. The molecule has 1 aromatic heterocycles. The Kier molecular flexibility index (Phi) is 4.33. The van der Waals surface area contributed by atoms with Crippen molar-refractivity contribution < 1.29 is 0 Å². The topological polar surface area (TPSA) is 29.0 Å². The van der Waals surface area contributed by atoms with E-state index in [9.17, 15) is 0 Å². The summed E-state index contributed by atoms with van der Waals surface area (Å²) in [5.74, 6) is 1.62. The molecule has 0 aliphatic heterocycles. The first-order chi connectivity index (χ1) is 7.08. The lowest BCUT2D eigenvalue weighted by Gasteiger charge is -2.27. The maximum Gasteiger partial charge on any atom is 0.134 e. The van der Waals surface area contributed by atoms with Gasteiger partial charge < -0.3 is 4.90 Å². The molecule has 0 radical (unpaired) electrons. The van der Waals surface area contributed by atoms with Crippen LogP contribution in [0.2, 0.25) is 5.15 Å². The summed E-state index contributed by atoms with van der Waals surface area (Å²) in [4.78, 5) is 10.6. The van der Waals surface area contributed by atoms with Gasteiger partial charge >= 0.3 is 0 Å². The van der Waals surface area contributed by atoms with Gasteiger partial charge in [-0.2, -0.15) is 0 Å². The number of anilines is 1. The quantitative estimate of drug-likeness (QED) is 0.741. The second kappa shape index (κ2) is 5.31. The second-order valence-corrected chi connectivity index (χ2v) is 4.06. The van der Waals surface area contributed by atoms with Crippen LogP contribution in [-0.2, 0) is 0 Å². The molecule has 0 N–H and O–H groups in total. The van der Waals surface area contributed by atoms with E-state index < -0.39 is 0 Å². The van der Waals surface area contributed by atoms with Gasteiger partial charge in [0.15, 0.2) is 0 Å². The van der Waals surface area contributed by atoms with E-state index in [1.165, 1.54) is 0 Å². The van der Waals surface area contributed by atoms with Crippen LogP contribution < -0.4 is 4.90 Å². The summed E-state index contributed by atoms with van der Waals surface area (Å²) in [5.41, 5.74) is 0. The van der Waals surface area contributed by atoms with Gasteiger partial charge in [0.2, 0.25) is 0 Å². The average molecular weight is 228 g/mol. The Hall–Kier alpha value is -0.830. The molecule has 1 heterocycles. The third-order valence-electron chi connectivity index (χ3n) is 2.64. The summed E-state index contributed by atoms with van der Waals surface area (Å²) in [6.45, 7) is 6.22. The molecule has 0 aromatic carbocycles. The van der Waals surface area contributed by atoms with Crippen LogP contribution in [0.15, 0.2) is 6.07 Å². The molecule has 0 unspecified atom stereocenters. The van der Waals surface area contributed by atoms with Crippen LogP contribution in [0.3, 0.4) is 0 Å². The Balaban J connectivity index is 2.94. The lowest BCUT2D eigenvalue weighted by molar-refractivity contribution is 0.585. The van der Waals surface area contributed by atoms with Gasteiger partial charge in [0.05, 0.1) is 0 Å². The molecule has 84 valence electrons. The first kappa shape index (κ1) is 12.2. The zero-order valence-corrected chi connectivity index (χ0v) is 10.5. The predicted molar refractivity (Wildman–Crippen MR) is 64.6 cm³/mol. The number of hydrogen-bond donors (Lipinski definition) is 0. The van der Waals surface area contributed by atoms with E-state index in [0.29, 0.717) is 11.2 Å². The van der Waals surface area contributed by atoms with Gasteiger partial charge in [-0.25, -0.2) is 9.97 Å². The Bertz CT molecular complexity index is 303. The maximum absolute atomic E-state index is 5.91. The number of aromatic nitrogens is 2. The molecule has 0 fully saturated rings. The van der Waals surface area contributed by atoms with E-state index in [2.05, 4.69) is 35.8 Å². The van der Waals surface area contributed by atoms with E-state index in [1.54, 1.807) is 0 Å². The fraction of sp³-hybridized carbons (Fsp3) is 0.636. The van der Waals surface area contributed by atoms with Crippen LogP contribution in [0.4, 0.5) is 5.82 Å². The first-order valence-corrected chi connectivity index (χ1v) is 5.70. The highest BCUT2D eigenvalue weighted by Crippen LogP contribution is 2.19. The first-order valence-electron chi connectivity index (χ1n) is 5.32. The molecule has 0 saturated carbocycles. The molecule has 0 atom stereocenters. The molecule has 0 amide bonds. The monoisotopic (exact) mass is 227 g/mol. The minimum absolute atomic E-state index is 0.510. The lowest BCUT2D eigenvalue weighted by Crippen LogP contribution is -2.31. The molecule has 0 saturated heterocycles. The van der Waals surface area contributed by atoms with Gasteiger partial charge in [0, 0.05) is 19.2 Å². The van der Waals surface area contributed by atoms with Gasteiger partial charge in [-0.15, -0.1) is 0 Å². The largest absolute Gasteiger partial charge is 0.357 e. The Labute approximate surface area is 96.5 Å². The van der Waals surface area contributed by atoms with Gasteiger partial charge in [-0.05, 0) is 19.8 Å². The summed E-state index contributed by atoms with van der Waals surface area (Å²) in [6, 6.07) is 2.32. The molecule has 1 rings (SSSR count). The van der Waals surface area contributed by atoms with Crippen LogP contribution in [0.1, 0.15) is 32.5 Å². The third kappa shape index (κ3) is 3.06. The van der Waals surface area contributed by atoms with Crippen molar-refractivity contribution in [2.75, 3.05) is 11.9 Å². The normalized spacial score (nSPS) is 10.8. The van der Waals surface area contributed by atoms with E-state index in [-0.39, 0.29) is 0 Å². The lowest BCUT2D eigenvalue weighted by atomic mass is 10.1. The highest BCUT2D eigenvalue weighted by Gasteiger charge is 2.13. The van der Waals surface area contributed by atoms with Gasteiger partial charge in [-0.3, -0.25) is 0 Å². The van der Waals surface area contributed by atoms with Gasteiger partial charge in [0.1, 0.15) is 16.8 Å². The van der Waals surface area contributed by atoms with Crippen LogP contribution in [0.25, 0.3) is 0 Å². The molecule has 0 aliphatic carbocycles. The van der Waals surface area contributed by atoms with Crippen molar-refractivity contribution in [2.24, 2.45) is 0 Å². The summed E-state index contributed by atoms with van der Waals surface area (Å²) >= 11 is 5.91. The van der Waals surface area contributed by atoms with Crippen LogP contribution in [-0.4, -0.2) is 23.1 Å². The minimum Gasteiger partial charge on any atom is -0.357 e.